The summed E-state index contributed by atoms with van der Waals surface area (Å²) < 4.78 is 3.72. The summed E-state index contributed by atoms with van der Waals surface area (Å²) in [6.07, 6.45) is 1.76. The first-order chi connectivity index (χ1) is 15.1. The monoisotopic (exact) mass is 430 g/mol. The minimum absolute atomic E-state index is 0.136. The molecule has 0 unspecified atom stereocenters. The second kappa shape index (κ2) is 8.22. The van der Waals surface area contributed by atoms with E-state index in [-0.39, 0.29) is 17.4 Å². The Labute approximate surface area is 188 Å². The van der Waals surface area contributed by atoms with Crippen LogP contribution in [0.15, 0.2) is 48.7 Å². The molecule has 1 amide bonds. The number of nitrogens with zero attached hydrogens (tertiary/aromatic N) is 5. The van der Waals surface area contributed by atoms with Gasteiger partial charge in [-0.05, 0) is 32.4 Å². The molecule has 0 spiro atoms. The summed E-state index contributed by atoms with van der Waals surface area (Å²) in [6.45, 7) is 12.9. The third kappa shape index (κ3) is 4.28. The Kier molecular flexibility index (Phi) is 5.59. The average Bonchev–Trinajstić information content (AvgIpc) is 3.32. The molecular weight excluding hydrogens is 400 g/mol. The molecule has 0 saturated heterocycles. The molecule has 4 rings (SSSR count). The maximum atomic E-state index is 13.3. The fourth-order valence-corrected chi connectivity index (χ4v) is 3.62. The number of aryl methyl sites for hydroxylation is 1. The minimum atomic E-state index is -0.205. The summed E-state index contributed by atoms with van der Waals surface area (Å²) in [4.78, 5) is 17.9. The lowest BCUT2D eigenvalue weighted by Crippen LogP contribution is -2.18. The molecule has 0 aliphatic carbocycles. The molecule has 32 heavy (non-hydrogen) atoms. The highest BCUT2D eigenvalue weighted by Crippen LogP contribution is 2.26. The molecule has 7 heteroatoms. The van der Waals surface area contributed by atoms with E-state index in [4.69, 9.17) is 5.10 Å². The smallest absolute Gasteiger partial charge is 0.258 e. The van der Waals surface area contributed by atoms with Crippen molar-refractivity contribution in [2.45, 2.75) is 59.5 Å². The first kappa shape index (κ1) is 21.7. The number of pyridine rings is 1. The normalized spacial score (nSPS) is 12.0. The van der Waals surface area contributed by atoms with Crippen LogP contribution in [0.2, 0.25) is 0 Å². The van der Waals surface area contributed by atoms with E-state index in [9.17, 15) is 4.79 Å². The van der Waals surface area contributed by atoms with Crippen LogP contribution >= 0.6 is 0 Å². The average molecular weight is 431 g/mol. The first-order valence-corrected chi connectivity index (χ1v) is 10.9. The van der Waals surface area contributed by atoms with Crippen LogP contribution in [0.4, 0.5) is 5.82 Å². The SMILES string of the molecule is Cc1nc2c(cnn2C(C)C)cc1C(=O)Nc1cc(C(C)(C)C)nn1Cc1ccccc1. The van der Waals surface area contributed by atoms with Gasteiger partial charge in [-0.3, -0.25) is 4.79 Å². The lowest BCUT2D eigenvalue weighted by atomic mass is 9.92. The molecule has 0 bridgehead atoms. The van der Waals surface area contributed by atoms with Crippen LogP contribution in [0.1, 0.15) is 68.0 Å². The standard InChI is InChI=1S/C25H30N6O/c1-16(2)31-23-19(14-26-31)12-20(17(3)27-23)24(32)28-22-13-21(25(4,5)6)29-30(22)15-18-10-8-7-9-11-18/h7-14,16H,15H2,1-6H3,(H,28,32). The van der Waals surface area contributed by atoms with E-state index in [1.54, 1.807) is 6.20 Å². The number of benzene rings is 1. The van der Waals surface area contributed by atoms with Gasteiger partial charge >= 0.3 is 0 Å². The van der Waals surface area contributed by atoms with E-state index >= 15 is 0 Å². The van der Waals surface area contributed by atoms with Gasteiger partial charge in [-0.25, -0.2) is 14.3 Å². The van der Waals surface area contributed by atoms with Gasteiger partial charge in [-0.2, -0.15) is 10.2 Å². The third-order valence-corrected chi connectivity index (χ3v) is 5.46. The van der Waals surface area contributed by atoms with Crippen molar-refractivity contribution in [3.05, 3.63) is 71.2 Å². The lowest BCUT2D eigenvalue weighted by Gasteiger charge is -2.14. The third-order valence-electron chi connectivity index (χ3n) is 5.46. The zero-order chi connectivity index (χ0) is 23.0. The molecular formula is C25H30N6O. The number of nitrogens with one attached hydrogen (secondary N) is 1. The fraction of sp³-hybridized carbons (Fsp3) is 0.360. The number of hydrogen-bond acceptors (Lipinski definition) is 4. The fourth-order valence-electron chi connectivity index (χ4n) is 3.62. The predicted molar refractivity (Wildman–Crippen MR) is 127 cm³/mol. The Morgan fingerprint density at radius 1 is 1.12 bits per heavy atom. The molecule has 1 aromatic carbocycles. The summed E-state index contributed by atoms with van der Waals surface area (Å²) in [5.41, 5.74) is 3.90. The highest BCUT2D eigenvalue weighted by atomic mass is 16.1. The Balaban J connectivity index is 1.68. The van der Waals surface area contributed by atoms with E-state index in [0.717, 1.165) is 22.3 Å². The number of rotatable bonds is 5. The zero-order valence-electron chi connectivity index (χ0n) is 19.5. The molecule has 3 heterocycles. The zero-order valence-corrected chi connectivity index (χ0v) is 19.5. The van der Waals surface area contributed by atoms with Crippen molar-refractivity contribution in [2.75, 3.05) is 5.32 Å². The Hall–Kier alpha value is -3.48. The summed E-state index contributed by atoms with van der Waals surface area (Å²) in [5, 5.41) is 13.1. The number of fused-ring (bicyclic) bond motifs is 1. The van der Waals surface area contributed by atoms with Gasteiger partial charge in [-0.1, -0.05) is 51.1 Å². The molecule has 4 aromatic rings. The van der Waals surface area contributed by atoms with Gasteiger partial charge < -0.3 is 5.32 Å². The van der Waals surface area contributed by atoms with Crippen LogP contribution in [0.25, 0.3) is 11.0 Å². The molecule has 3 aromatic heterocycles. The highest BCUT2D eigenvalue weighted by Gasteiger charge is 2.22. The van der Waals surface area contributed by atoms with Crippen LogP contribution in [0.5, 0.6) is 0 Å². The van der Waals surface area contributed by atoms with E-state index < -0.39 is 0 Å². The number of carbonyl (C=O) groups excluding carboxylic acids is 1. The van der Waals surface area contributed by atoms with E-state index in [0.29, 0.717) is 23.6 Å². The number of anilines is 1. The molecule has 1 N–H and O–H groups in total. The quantitative estimate of drug-likeness (QED) is 0.477. The summed E-state index contributed by atoms with van der Waals surface area (Å²) in [6, 6.07) is 14.1. The van der Waals surface area contributed by atoms with Gasteiger partial charge in [0, 0.05) is 22.9 Å². The molecule has 7 nitrogen and oxygen atoms in total. The van der Waals surface area contributed by atoms with Crippen LogP contribution in [0.3, 0.4) is 0 Å². The van der Waals surface area contributed by atoms with E-state index in [2.05, 4.69) is 62.2 Å². The van der Waals surface area contributed by atoms with Crippen LogP contribution in [0, 0.1) is 6.92 Å². The maximum absolute atomic E-state index is 13.3. The van der Waals surface area contributed by atoms with Gasteiger partial charge in [0.25, 0.3) is 5.91 Å². The van der Waals surface area contributed by atoms with Gasteiger partial charge in [0.05, 0.1) is 29.7 Å². The van der Waals surface area contributed by atoms with Gasteiger partial charge in [-0.15, -0.1) is 0 Å². The van der Waals surface area contributed by atoms with Crippen molar-refractivity contribution in [3.8, 4) is 0 Å². The first-order valence-electron chi connectivity index (χ1n) is 10.9. The molecule has 0 aliphatic rings. The largest absolute Gasteiger partial charge is 0.307 e. The maximum Gasteiger partial charge on any atom is 0.258 e. The molecule has 0 saturated carbocycles. The number of hydrogen-bond donors (Lipinski definition) is 1. The number of aromatic nitrogens is 5. The van der Waals surface area contributed by atoms with Crippen LogP contribution in [-0.4, -0.2) is 30.5 Å². The van der Waals surface area contributed by atoms with Crippen LogP contribution < -0.4 is 5.32 Å². The van der Waals surface area contributed by atoms with Crippen LogP contribution in [-0.2, 0) is 12.0 Å². The lowest BCUT2D eigenvalue weighted by molar-refractivity contribution is 0.102. The van der Waals surface area contributed by atoms with Crippen molar-refractivity contribution < 1.29 is 4.79 Å². The van der Waals surface area contributed by atoms with E-state index in [1.165, 1.54) is 0 Å². The molecule has 0 atom stereocenters. The van der Waals surface area contributed by atoms with Crippen molar-refractivity contribution in [1.82, 2.24) is 24.5 Å². The van der Waals surface area contributed by atoms with Crippen molar-refractivity contribution in [3.63, 3.8) is 0 Å². The molecule has 0 fully saturated rings. The van der Waals surface area contributed by atoms with Crippen molar-refractivity contribution in [1.29, 1.82) is 0 Å². The second-order valence-electron chi connectivity index (χ2n) is 9.48. The summed E-state index contributed by atoms with van der Waals surface area (Å²) in [5.74, 6) is 0.463. The predicted octanol–water partition coefficient (Wildman–Crippen LogP) is 5.12. The highest BCUT2D eigenvalue weighted by molar-refractivity contribution is 6.06. The summed E-state index contributed by atoms with van der Waals surface area (Å²) in [7, 11) is 0. The Morgan fingerprint density at radius 2 is 1.84 bits per heavy atom. The topological polar surface area (TPSA) is 77.6 Å². The number of amides is 1. The van der Waals surface area contributed by atoms with E-state index in [1.807, 2.05) is 46.6 Å². The van der Waals surface area contributed by atoms with Gasteiger partial charge in [0.1, 0.15) is 5.82 Å². The van der Waals surface area contributed by atoms with Gasteiger partial charge in [0.2, 0.25) is 0 Å². The second-order valence-corrected chi connectivity index (χ2v) is 9.48. The molecule has 166 valence electrons. The van der Waals surface area contributed by atoms with Gasteiger partial charge in [0.15, 0.2) is 5.65 Å². The van der Waals surface area contributed by atoms with Crippen molar-refractivity contribution >= 4 is 22.8 Å². The Bertz CT molecular complexity index is 1260. The molecule has 0 radical (unpaired) electrons. The summed E-state index contributed by atoms with van der Waals surface area (Å²) >= 11 is 0. The molecule has 0 aliphatic heterocycles. The minimum Gasteiger partial charge on any atom is -0.307 e. The number of carbonyl (C=O) groups is 1. The van der Waals surface area contributed by atoms with Crippen molar-refractivity contribution in [2.24, 2.45) is 0 Å². The Morgan fingerprint density at radius 3 is 2.50 bits per heavy atom.